The van der Waals surface area contributed by atoms with Crippen molar-refractivity contribution in [1.82, 2.24) is 14.9 Å². The van der Waals surface area contributed by atoms with Gasteiger partial charge in [0.15, 0.2) is 0 Å². The Kier molecular flexibility index (Phi) is 5.38. The maximum Gasteiger partial charge on any atom is 0.440 e. The molecule has 0 spiro atoms. The molecule has 1 saturated carbocycles. The summed E-state index contributed by atoms with van der Waals surface area (Å²) in [7, 11) is 0. The van der Waals surface area contributed by atoms with E-state index in [0.717, 1.165) is 32.1 Å². The second-order valence-corrected chi connectivity index (χ2v) is 8.59. The van der Waals surface area contributed by atoms with Gasteiger partial charge in [-0.1, -0.05) is 55.3 Å². The summed E-state index contributed by atoms with van der Waals surface area (Å²) in [6.07, 6.45) is 0.474. The quantitative estimate of drug-likeness (QED) is 0.671. The largest absolute Gasteiger partial charge is 0.440 e. The molecular weight excluding hydrogens is 444 g/mol. The van der Waals surface area contributed by atoms with E-state index >= 15 is 0 Å². The lowest BCUT2D eigenvalue weighted by molar-refractivity contribution is -0.217. The molecule has 30 heavy (non-hydrogen) atoms. The van der Waals surface area contributed by atoms with Crippen LogP contribution in [0.15, 0.2) is 12.1 Å². The van der Waals surface area contributed by atoms with Gasteiger partial charge in [0.2, 0.25) is 11.9 Å². The van der Waals surface area contributed by atoms with Crippen LogP contribution in [0, 0.1) is 5.92 Å². The third-order valence-electron chi connectivity index (χ3n) is 5.82. The third kappa shape index (κ3) is 3.41. The monoisotopic (exact) mass is 462 g/mol. The second kappa shape index (κ2) is 7.60. The summed E-state index contributed by atoms with van der Waals surface area (Å²) >= 11 is 11.9. The first kappa shape index (κ1) is 21.2. The number of fused-ring (bicyclic) bond motifs is 3. The summed E-state index contributed by atoms with van der Waals surface area (Å²) in [6.45, 7) is 0. The number of hydrogen-bond acceptors (Lipinski definition) is 3. The van der Waals surface area contributed by atoms with E-state index < -0.39 is 23.7 Å². The van der Waals surface area contributed by atoms with Crippen molar-refractivity contribution in [1.29, 1.82) is 0 Å². The first-order chi connectivity index (χ1) is 14.1. The number of hydrogen-bond donors (Lipinski definition) is 2. The fourth-order valence-electron chi connectivity index (χ4n) is 4.30. The number of nitrogens with one attached hydrogen (secondary N) is 2. The van der Waals surface area contributed by atoms with Gasteiger partial charge in [0.25, 0.3) is 11.6 Å². The third-order valence-corrected chi connectivity index (χ3v) is 6.54. The Labute approximate surface area is 180 Å². The molecule has 1 aromatic carbocycles. The van der Waals surface area contributed by atoms with Crippen LogP contribution < -0.4 is 10.6 Å². The highest BCUT2D eigenvalue weighted by molar-refractivity contribution is 6.42. The predicted octanol–water partition coefficient (Wildman–Crippen LogP) is 4.99. The molecule has 2 aromatic rings. The van der Waals surface area contributed by atoms with E-state index in [1.807, 2.05) is 5.32 Å². The maximum atomic E-state index is 14.3. The zero-order valence-corrected chi connectivity index (χ0v) is 17.3. The van der Waals surface area contributed by atoms with Crippen LogP contribution in [0.1, 0.15) is 44.9 Å². The van der Waals surface area contributed by atoms with E-state index in [-0.39, 0.29) is 33.4 Å². The fourth-order valence-corrected chi connectivity index (χ4v) is 4.62. The van der Waals surface area contributed by atoms with Gasteiger partial charge in [-0.15, -0.1) is 0 Å². The first-order valence-electron chi connectivity index (χ1n) is 9.70. The molecular formula is C19H19Cl2F3N4O2. The SMILES string of the molecule is O=C(CCC1CCCCC1)NC1(C(F)(F)F)C(=O)Nc2nc3cc(Cl)c(Cl)cc3n21. The number of halogens is 5. The van der Waals surface area contributed by atoms with Crippen molar-refractivity contribution < 1.29 is 22.8 Å². The van der Waals surface area contributed by atoms with Crippen molar-refractivity contribution in [3.05, 3.63) is 22.2 Å². The van der Waals surface area contributed by atoms with Crippen molar-refractivity contribution in [2.24, 2.45) is 5.92 Å². The van der Waals surface area contributed by atoms with Crippen molar-refractivity contribution in [3.8, 4) is 0 Å². The molecule has 1 fully saturated rings. The van der Waals surface area contributed by atoms with Crippen LogP contribution in [0.5, 0.6) is 0 Å². The zero-order chi connectivity index (χ0) is 21.7. The molecule has 1 aromatic heterocycles. The van der Waals surface area contributed by atoms with E-state index in [1.165, 1.54) is 12.1 Å². The van der Waals surface area contributed by atoms with Crippen LogP contribution in [0.25, 0.3) is 11.0 Å². The van der Waals surface area contributed by atoms with Crippen LogP contribution in [-0.4, -0.2) is 27.5 Å². The highest BCUT2D eigenvalue weighted by Gasteiger charge is 2.67. The molecule has 4 rings (SSSR count). The molecule has 0 radical (unpaired) electrons. The number of rotatable bonds is 4. The molecule has 2 amide bonds. The molecule has 6 nitrogen and oxygen atoms in total. The highest BCUT2D eigenvalue weighted by Crippen LogP contribution is 2.45. The number of carbonyl (C=O) groups excluding carboxylic acids is 2. The molecule has 0 bridgehead atoms. The van der Waals surface area contributed by atoms with Gasteiger partial charge < -0.3 is 5.32 Å². The summed E-state index contributed by atoms with van der Waals surface area (Å²) < 4.78 is 43.6. The van der Waals surface area contributed by atoms with E-state index in [4.69, 9.17) is 23.2 Å². The Morgan fingerprint density at radius 1 is 1.23 bits per heavy atom. The van der Waals surface area contributed by atoms with Crippen molar-refractivity contribution in [2.75, 3.05) is 5.32 Å². The molecule has 2 heterocycles. The number of amides is 2. The Bertz CT molecular complexity index is 1020. The van der Waals surface area contributed by atoms with Gasteiger partial charge in [-0.3, -0.25) is 19.5 Å². The van der Waals surface area contributed by atoms with Crippen LogP contribution >= 0.6 is 23.2 Å². The molecule has 2 N–H and O–H groups in total. The Morgan fingerprint density at radius 2 is 1.90 bits per heavy atom. The van der Waals surface area contributed by atoms with Gasteiger partial charge in [0.1, 0.15) is 0 Å². The van der Waals surface area contributed by atoms with E-state index in [0.29, 0.717) is 16.9 Å². The average molecular weight is 463 g/mol. The average Bonchev–Trinajstić information content (AvgIpc) is 3.15. The number of imidazole rings is 1. The van der Waals surface area contributed by atoms with Gasteiger partial charge in [0, 0.05) is 6.42 Å². The maximum absolute atomic E-state index is 14.3. The molecule has 1 aliphatic heterocycles. The van der Waals surface area contributed by atoms with Crippen LogP contribution in [0.4, 0.5) is 19.1 Å². The van der Waals surface area contributed by atoms with Crippen LogP contribution in [0.2, 0.25) is 10.0 Å². The molecule has 1 unspecified atom stereocenters. The number of anilines is 1. The first-order valence-corrected chi connectivity index (χ1v) is 10.5. The van der Waals surface area contributed by atoms with Crippen molar-refractivity contribution in [2.45, 2.75) is 56.8 Å². The number of aromatic nitrogens is 2. The fraction of sp³-hybridized carbons (Fsp3) is 0.526. The summed E-state index contributed by atoms with van der Waals surface area (Å²) in [4.78, 5) is 29.1. The molecule has 11 heteroatoms. The molecule has 0 saturated heterocycles. The van der Waals surface area contributed by atoms with Gasteiger partial charge in [-0.2, -0.15) is 13.2 Å². The second-order valence-electron chi connectivity index (χ2n) is 7.78. The van der Waals surface area contributed by atoms with Gasteiger partial charge >= 0.3 is 6.18 Å². The van der Waals surface area contributed by atoms with Crippen molar-refractivity contribution >= 4 is 52.0 Å². The topological polar surface area (TPSA) is 76.0 Å². The lowest BCUT2D eigenvalue weighted by Gasteiger charge is -2.32. The zero-order valence-electron chi connectivity index (χ0n) is 15.8. The molecule has 162 valence electrons. The summed E-state index contributed by atoms with van der Waals surface area (Å²) in [5, 5.41) is 4.21. The standard InChI is InChI=1S/C19H19Cl2F3N4O2/c20-11-8-13-14(9-12(11)21)28-17(25-13)26-16(30)18(28,19(22,23)24)27-15(29)7-6-10-4-2-1-3-5-10/h8-10H,1-7H2,(H,27,29)(H,25,26,30). The smallest absolute Gasteiger partial charge is 0.317 e. The highest BCUT2D eigenvalue weighted by atomic mass is 35.5. The van der Waals surface area contributed by atoms with Crippen molar-refractivity contribution in [3.63, 3.8) is 0 Å². The summed E-state index contributed by atoms with van der Waals surface area (Å²) in [5.41, 5.74) is -3.26. The van der Waals surface area contributed by atoms with Crippen LogP contribution in [0.3, 0.4) is 0 Å². The summed E-state index contributed by atoms with van der Waals surface area (Å²) in [5.74, 6) is -2.29. The normalized spacial score (nSPS) is 22.2. The minimum Gasteiger partial charge on any atom is -0.317 e. The Hall–Kier alpha value is -2.00. The number of benzene rings is 1. The lowest BCUT2D eigenvalue weighted by atomic mass is 9.86. The van der Waals surface area contributed by atoms with Gasteiger partial charge in [0.05, 0.1) is 21.1 Å². The minimum absolute atomic E-state index is 0.00548. The van der Waals surface area contributed by atoms with E-state index in [1.54, 1.807) is 0 Å². The number of nitrogens with zero attached hydrogens (tertiary/aromatic N) is 2. The number of carbonyl (C=O) groups is 2. The molecule has 2 aliphatic rings. The molecule has 1 atom stereocenters. The van der Waals surface area contributed by atoms with E-state index in [2.05, 4.69) is 10.3 Å². The minimum atomic E-state index is -5.12. The summed E-state index contributed by atoms with van der Waals surface area (Å²) in [6, 6.07) is 2.51. The lowest BCUT2D eigenvalue weighted by Crippen LogP contribution is -2.63. The predicted molar refractivity (Wildman–Crippen MR) is 106 cm³/mol. The van der Waals surface area contributed by atoms with Gasteiger partial charge in [-0.05, 0) is 24.5 Å². The van der Waals surface area contributed by atoms with Crippen LogP contribution in [-0.2, 0) is 15.3 Å². The van der Waals surface area contributed by atoms with Gasteiger partial charge in [-0.25, -0.2) is 4.98 Å². The Balaban J connectivity index is 1.70. The number of alkyl halides is 3. The van der Waals surface area contributed by atoms with E-state index in [9.17, 15) is 22.8 Å². The molecule has 1 aliphatic carbocycles. The Morgan fingerprint density at radius 3 is 2.57 bits per heavy atom.